The Morgan fingerprint density at radius 3 is 2.62 bits per heavy atom. The van der Waals surface area contributed by atoms with Crippen molar-refractivity contribution in [1.29, 1.82) is 0 Å². The van der Waals surface area contributed by atoms with Crippen LogP contribution in [0.5, 0.6) is 0 Å². The quantitative estimate of drug-likeness (QED) is 0.573. The van der Waals surface area contributed by atoms with Crippen molar-refractivity contribution in [2.75, 3.05) is 10.6 Å². The Hall–Kier alpha value is -3.94. The van der Waals surface area contributed by atoms with Gasteiger partial charge in [0.1, 0.15) is 0 Å². The summed E-state index contributed by atoms with van der Waals surface area (Å²) >= 11 is 0. The van der Waals surface area contributed by atoms with E-state index in [0.29, 0.717) is 29.0 Å². The molecule has 3 amide bonds. The molecule has 0 bridgehead atoms. The van der Waals surface area contributed by atoms with E-state index < -0.39 is 11.8 Å². The van der Waals surface area contributed by atoms with Crippen molar-refractivity contribution in [2.24, 2.45) is 5.73 Å². The highest BCUT2D eigenvalue weighted by atomic mass is 16.2. The first kappa shape index (κ1) is 19.8. The summed E-state index contributed by atoms with van der Waals surface area (Å²) in [4.78, 5) is 40.4. The van der Waals surface area contributed by atoms with Crippen LogP contribution in [0.1, 0.15) is 32.7 Å². The first-order valence-corrected chi connectivity index (χ1v) is 9.00. The lowest BCUT2D eigenvalue weighted by molar-refractivity contribution is -0.116. The summed E-state index contributed by atoms with van der Waals surface area (Å²) < 4.78 is 1.81. The molecule has 2 aromatic carbocycles. The van der Waals surface area contributed by atoms with Gasteiger partial charge in [-0.15, -0.1) is 0 Å². The molecule has 0 aliphatic rings. The van der Waals surface area contributed by atoms with Gasteiger partial charge in [-0.25, -0.2) is 4.98 Å². The van der Waals surface area contributed by atoms with Crippen molar-refractivity contribution >= 4 is 29.1 Å². The predicted octanol–water partition coefficient (Wildman–Crippen LogP) is 2.57. The van der Waals surface area contributed by atoms with Crippen LogP contribution >= 0.6 is 0 Å². The Morgan fingerprint density at radius 1 is 1.10 bits per heavy atom. The van der Waals surface area contributed by atoms with E-state index in [4.69, 9.17) is 5.73 Å². The number of benzene rings is 2. The van der Waals surface area contributed by atoms with Crippen molar-refractivity contribution < 1.29 is 14.4 Å². The number of primary amides is 1. The van der Waals surface area contributed by atoms with Gasteiger partial charge in [0.15, 0.2) is 0 Å². The molecule has 4 N–H and O–H groups in total. The average molecular weight is 391 g/mol. The molecule has 0 aliphatic carbocycles. The van der Waals surface area contributed by atoms with E-state index in [0.717, 1.165) is 0 Å². The largest absolute Gasteiger partial charge is 0.366 e. The van der Waals surface area contributed by atoms with Gasteiger partial charge in [0.2, 0.25) is 5.91 Å². The van der Waals surface area contributed by atoms with Crippen LogP contribution in [-0.4, -0.2) is 27.3 Å². The van der Waals surface area contributed by atoms with Crippen molar-refractivity contribution in [3.8, 4) is 0 Å². The summed E-state index contributed by atoms with van der Waals surface area (Å²) in [6.45, 7) is 2.25. The van der Waals surface area contributed by atoms with Crippen LogP contribution in [0.4, 0.5) is 11.4 Å². The van der Waals surface area contributed by atoms with Gasteiger partial charge in [0.25, 0.3) is 11.8 Å². The van der Waals surface area contributed by atoms with Gasteiger partial charge in [-0.3, -0.25) is 14.4 Å². The average Bonchev–Trinajstić information content (AvgIpc) is 3.20. The van der Waals surface area contributed by atoms with E-state index >= 15 is 0 Å². The van der Waals surface area contributed by atoms with Gasteiger partial charge in [0.05, 0.1) is 17.6 Å². The van der Waals surface area contributed by atoms with Crippen molar-refractivity contribution in [2.45, 2.75) is 19.9 Å². The Balaban J connectivity index is 1.67. The highest BCUT2D eigenvalue weighted by Crippen LogP contribution is 2.20. The van der Waals surface area contributed by atoms with Crippen molar-refractivity contribution in [3.05, 3.63) is 77.9 Å². The van der Waals surface area contributed by atoms with E-state index in [1.54, 1.807) is 68.1 Å². The van der Waals surface area contributed by atoms with Gasteiger partial charge in [-0.1, -0.05) is 18.2 Å². The number of nitrogens with two attached hydrogens (primary N) is 1. The number of carbonyl (C=O) groups excluding carboxylic acids is 3. The summed E-state index contributed by atoms with van der Waals surface area (Å²) in [6.07, 6.45) is 5.35. The first-order chi connectivity index (χ1) is 13.9. The molecule has 1 aromatic heterocycles. The van der Waals surface area contributed by atoms with Gasteiger partial charge in [-0.05, 0) is 36.8 Å². The molecular formula is C21H21N5O3. The fraction of sp³-hybridized carbons (Fsp3) is 0.143. The number of aryl methyl sites for hydroxylation is 2. The molecule has 0 aliphatic heterocycles. The molecule has 148 valence electrons. The Morgan fingerprint density at radius 2 is 1.90 bits per heavy atom. The second-order valence-corrected chi connectivity index (χ2v) is 6.50. The lowest BCUT2D eigenvalue weighted by Gasteiger charge is -2.12. The third kappa shape index (κ3) is 5.07. The van der Waals surface area contributed by atoms with Crippen LogP contribution in [-0.2, 0) is 11.3 Å². The van der Waals surface area contributed by atoms with E-state index in [9.17, 15) is 14.4 Å². The molecule has 8 nitrogen and oxygen atoms in total. The second-order valence-electron chi connectivity index (χ2n) is 6.50. The Labute approximate surface area is 167 Å². The SMILES string of the molecule is Cc1cccc(NC(=O)c2cccc(NC(=O)CCn3ccnc3)c2)c1C(N)=O. The number of anilines is 2. The van der Waals surface area contributed by atoms with E-state index in [-0.39, 0.29) is 17.9 Å². The van der Waals surface area contributed by atoms with E-state index in [2.05, 4.69) is 15.6 Å². The number of hydrogen-bond donors (Lipinski definition) is 3. The number of rotatable bonds is 7. The molecule has 1 heterocycles. The minimum absolute atomic E-state index is 0.175. The summed E-state index contributed by atoms with van der Waals surface area (Å²) in [6, 6.07) is 11.7. The number of hydrogen-bond acceptors (Lipinski definition) is 4. The third-order valence-electron chi connectivity index (χ3n) is 4.33. The molecule has 0 spiro atoms. The molecule has 0 atom stereocenters. The van der Waals surface area contributed by atoms with Crippen LogP contribution in [0.25, 0.3) is 0 Å². The van der Waals surface area contributed by atoms with Crippen molar-refractivity contribution in [1.82, 2.24) is 9.55 Å². The fourth-order valence-corrected chi connectivity index (χ4v) is 2.90. The zero-order valence-corrected chi connectivity index (χ0v) is 15.9. The standard InChI is InChI=1S/C21H21N5O3/c1-14-4-2-7-17(19(14)20(22)28)25-21(29)15-5-3-6-16(12-15)24-18(27)8-10-26-11-9-23-13-26/h2-7,9,11-13H,8,10H2,1H3,(H2,22,28)(H,24,27)(H,25,29). The first-order valence-electron chi connectivity index (χ1n) is 9.00. The number of amides is 3. The third-order valence-corrected chi connectivity index (χ3v) is 4.33. The lowest BCUT2D eigenvalue weighted by atomic mass is 10.1. The topological polar surface area (TPSA) is 119 Å². The number of nitrogens with zero attached hydrogens (tertiary/aromatic N) is 2. The van der Waals surface area contributed by atoms with Crippen LogP contribution in [0.3, 0.4) is 0 Å². The van der Waals surface area contributed by atoms with Gasteiger partial charge in [0, 0.05) is 36.6 Å². The summed E-state index contributed by atoms with van der Waals surface area (Å²) in [7, 11) is 0. The van der Waals surface area contributed by atoms with Crippen molar-refractivity contribution in [3.63, 3.8) is 0 Å². The molecule has 0 unspecified atom stereocenters. The molecule has 3 rings (SSSR count). The Kier molecular flexibility index (Phi) is 6.03. The van der Waals surface area contributed by atoms with Crippen LogP contribution in [0.2, 0.25) is 0 Å². The van der Waals surface area contributed by atoms with Gasteiger partial charge < -0.3 is 20.9 Å². The fourth-order valence-electron chi connectivity index (χ4n) is 2.90. The molecule has 0 radical (unpaired) electrons. The van der Waals surface area contributed by atoms with Gasteiger partial charge in [-0.2, -0.15) is 0 Å². The maximum Gasteiger partial charge on any atom is 0.255 e. The number of aromatic nitrogens is 2. The maximum absolute atomic E-state index is 12.6. The molecular weight excluding hydrogens is 370 g/mol. The predicted molar refractivity (Wildman–Crippen MR) is 110 cm³/mol. The molecule has 0 fully saturated rings. The van der Waals surface area contributed by atoms with E-state index in [1.807, 2.05) is 4.57 Å². The minimum Gasteiger partial charge on any atom is -0.366 e. The molecule has 3 aromatic rings. The second kappa shape index (κ2) is 8.83. The van der Waals surface area contributed by atoms with E-state index in [1.165, 1.54) is 0 Å². The number of carbonyl (C=O) groups is 3. The maximum atomic E-state index is 12.6. The normalized spacial score (nSPS) is 10.4. The molecule has 0 saturated carbocycles. The minimum atomic E-state index is -0.614. The zero-order chi connectivity index (χ0) is 20.8. The summed E-state index contributed by atoms with van der Waals surface area (Å²) in [5.41, 5.74) is 7.57. The molecule has 8 heteroatoms. The number of nitrogens with one attached hydrogen (secondary N) is 2. The smallest absolute Gasteiger partial charge is 0.255 e. The Bertz CT molecular complexity index is 1040. The lowest BCUT2D eigenvalue weighted by Crippen LogP contribution is -2.19. The summed E-state index contributed by atoms with van der Waals surface area (Å²) in [5.74, 6) is -1.20. The van der Waals surface area contributed by atoms with Gasteiger partial charge >= 0.3 is 0 Å². The highest BCUT2D eigenvalue weighted by molar-refractivity contribution is 6.09. The monoisotopic (exact) mass is 391 g/mol. The number of imidazole rings is 1. The molecule has 29 heavy (non-hydrogen) atoms. The molecule has 0 saturated heterocycles. The zero-order valence-electron chi connectivity index (χ0n) is 15.9. The highest BCUT2D eigenvalue weighted by Gasteiger charge is 2.15. The van der Waals surface area contributed by atoms with Crippen LogP contribution in [0.15, 0.2) is 61.2 Å². The van der Waals surface area contributed by atoms with Crippen LogP contribution < -0.4 is 16.4 Å². The van der Waals surface area contributed by atoms with Crippen LogP contribution in [0, 0.1) is 6.92 Å². The summed E-state index contributed by atoms with van der Waals surface area (Å²) in [5, 5.41) is 5.49.